The second-order valence-electron chi connectivity index (χ2n) is 4.47. The van der Waals surface area contributed by atoms with Gasteiger partial charge in [-0.15, -0.1) is 6.42 Å². The molecule has 1 atom stereocenters. The van der Waals surface area contributed by atoms with Crippen LogP contribution in [0.4, 0.5) is 10.9 Å². The van der Waals surface area contributed by atoms with Gasteiger partial charge in [-0.2, -0.15) is 0 Å². The minimum absolute atomic E-state index is 0.168. The molecule has 1 rings (SSSR count). The summed E-state index contributed by atoms with van der Waals surface area (Å²) in [6.45, 7) is 3.90. The summed E-state index contributed by atoms with van der Waals surface area (Å²) >= 11 is 1.25. The standard InChI is InChI=1S/C12H18N4OS/c1-6-8(7(2)3)14-11(17)9-10(13)15-12(18-9)16(4)5/h1,7-8H,13H2,2-5H3,(H,14,17). The van der Waals surface area contributed by atoms with E-state index in [0.29, 0.717) is 10.0 Å². The van der Waals surface area contributed by atoms with Crippen LogP contribution >= 0.6 is 11.3 Å². The summed E-state index contributed by atoms with van der Waals surface area (Å²) in [6.07, 6.45) is 5.38. The first-order valence-electron chi connectivity index (χ1n) is 5.57. The number of thiazole rings is 1. The molecule has 6 heteroatoms. The van der Waals surface area contributed by atoms with Gasteiger partial charge in [0, 0.05) is 14.1 Å². The summed E-state index contributed by atoms with van der Waals surface area (Å²) in [5.41, 5.74) is 5.73. The van der Waals surface area contributed by atoms with Crippen LogP contribution in [0.2, 0.25) is 0 Å². The predicted octanol–water partition coefficient (Wildman–Crippen LogP) is 1.18. The van der Waals surface area contributed by atoms with E-state index in [9.17, 15) is 4.79 Å². The third-order valence-corrected chi connectivity index (χ3v) is 3.60. The monoisotopic (exact) mass is 266 g/mol. The first-order chi connectivity index (χ1) is 8.36. The number of nitrogen functional groups attached to an aromatic ring is 1. The Bertz CT molecular complexity index is 473. The number of hydrogen-bond donors (Lipinski definition) is 2. The molecule has 0 saturated carbocycles. The molecular weight excluding hydrogens is 248 g/mol. The molecule has 0 saturated heterocycles. The van der Waals surface area contributed by atoms with Crippen molar-refractivity contribution in [3.05, 3.63) is 4.88 Å². The highest BCUT2D eigenvalue weighted by Gasteiger charge is 2.20. The summed E-state index contributed by atoms with van der Waals surface area (Å²) in [6, 6.07) is -0.304. The first-order valence-corrected chi connectivity index (χ1v) is 6.39. The van der Waals surface area contributed by atoms with E-state index in [0.717, 1.165) is 0 Å². The smallest absolute Gasteiger partial charge is 0.266 e. The van der Waals surface area contributed by atoms with Crippen LogP contribution in [0.25, 0.3) is 0 Å². The number of nitrogens with zero attached hydrogens (tertiary/aromatic N) is 2. The Labute approximate surface area is 111 Å². The minimum Gasteiger partial charge on any atom is -0.382 e. The maximum Gasteiger partial charge on any atom is 0.266 e. The van der Waals surface area contributed by atoms with E-state index in [1.165, 1.54) is 11.3 Å². The Hall–Kier alpha value is -1.74. The predicted molar refractivity (Wildman–Crippen MR) is 75.8 cm³/mol. The molecule has 18 heavy (non-hydrogen) atoms. The van der Waals surface area contributed by atoms with Crippen molar-refractivity contribution in [2.75, 3.05) is 24.7 Å². The average Bonchev–Trinajstić information content (AvgIpc) is 2.67. The number of carbonyl (C=O) groups is 1. The zero-order valence-electron chi connectivity index (χ0n) is 11.0. The Morgan fingerprint density at radius 3 is 2.56 bits per heavy atom. The quantitative estimate of drug-likeness (QED) is 0.803. The van der Waals surface area contributed by atoms with Crippen LogP contribution in [0, 0.1) is 18.3 Å². The van der Waals surface area contributed by atoms with Gasteiger partial charge in [-0.25, -0.2) is 4.98 Å². The maximum atomic E-state index is 12.0. The van der Waals surface area contributed by atoms with E-state index in [1.54, 1.807) is 4.90 Å². The molecule has 3 N–H and O–H groups in total. The van der Waals surface area contributed by atoms with E-state index in [-0.39, 0.29) is 23.7 Å². The van der Waals surface area contributed by atoms with Crippen LogP contribution in [0.1, 0.15) is 23.5 Å². The van der Waals surface area contributed by atoms with Gasteiger partial charge in [0.25, 0.3) is 5.91 Å². The lowest BCUT2D eigenvalue weighted by Crippen LogP contribution is -2.37. The first kappa shape index (κ1) is 14.3. The van der Waals surface area contributed by atoms with E-state index < -0.39 is 0 Å². The topological polar surface area (TPSA) is 71.2 Å². The number of rotatable bonds is 4. The van der Waals surface area contributed by atoms with Crippen molar-refractivity contribution < 1.29 is 4.79 Å². The number of terminal acetylenes is 1. The van der Waals surface area contributed by atoms with Crippen molar-refractivity contribution in [3.8, 4) is 12.3 Å². The van der Waals surface area contributed by atoms with E-state index >= 15 is 0 Å². The Morgan fingerprint density at radius 2 is 2.17 bits per heavy atom. The fourth-order valence-corrected chi connectivity index (χ4v) is 2.09. The highest BCUT2D eigenvalue weighted by Crippen LogP contribution is 2.26. The molecule has 98 valence electrons. The average molecular weight is 266 g/mol. The summed E-state index contributed by atoms with van der Waals surface area (Å²) in [7, 11) is 3.69. The van der Waals surface area contributed by atoms with Crippen molar-refractivity contribution >= 4 is 28.2 Å². The Balaban J connectivity index is 2.88. The largest absolute Gasteiger partial charge is 0.382 e. The molecule has 0 aromatic carbocycles. The number of carbonyl (C=O) groups excluding carboxylic acids is 1. The van der Waals surface area contributed by atoms with Crippen LogP contribution in [0.3, 0.4) is 0 Å². The van der Waals surface area contributed by atoms with Crippen molar-refractivity contribution in [3.63, 3.8) is 0 Å². The van der Waals surface area contributed by atoms with Crippen LogP contribution in [0.15, 0.2) is 0 Å². The molecule has 0 aliphatic heterocycles. The van der Waals surface area contributed by atoms with Gasteiger partial charge in [0.1, 0.15) is 10.7 Å². The van der Waals surface area contributed by atoms with Gasteiger partial charge in [0.15, 0.2) is 5.13 Å². The highest BCUT2D eigenvalue weighted by molar-refractivity contribution is 7.18. The number of hydrogen-bond acceptors (Lipinski definition) is 5. The number of anilines is 2. The molecule has 0 aliphatic rings. The van der Waals surface area contributed by atoms with Gasteiger partial charge in [-0.3, -0.25) is 4.79 Å². The van der Waals surface area contributed by atoms with Gasteiger partial charge in [-0.05, 0) is 5.92 Å². The van der Waals surface area contributed by atoms with Crippen molar-refractivity contribution in [1.29, 1.82) is 0 Å². The summed E-state index contributed by atoms with van der Waals surface area (Å²) in [5.74, 6) is 2.69. The Morgan fingerprint density at radius 1 is 1.56 bits per heavy atom. The molecule has 1 unspecified atom stereocenters. The van der Waals surface area contributed by atoms with Crippen molar-refractivity contribution in [2.24, 2.45) is 5.92 Å². The van der Waals surface area contributed by atoms with Gasteiger partial charge in [-0.1, -0.05) is 31.1 Å². The molecule has 5 nitrogen and oxygen atoms in total. The molecule has 0 fully saturated rings. The lowest BCUT2D eigenvalue weighted by atomic mass is 10.1. The third-order valence-electron chi connectivity index (χ3n) is 2.36. The number of aromatic nitrogens is 1. The number of nitrogens with one attached hydrogen (secondary N) is 1. The Kier molecular flexibility index (Phi) is 4.56. The van der Waals surface area contributed by atoms with E-state index in [1.807, 2.05) is 27.9 Å². The minimum atomic E-state index is -0.304. The van der Waals surface area contributed by atoms with Crippen LogP contribution < -0.4 is 16.0 Å². The van der Waals surface area contributed by atoms with Gasteiger partial charge < -0.3 is 16.0 Å². The molecular formula is C12H18N4OS. The van der Waals surface area contributed by atoms with Gasteiger partial charge in [0.2, 0.25) is 0 Å². The maximum absolute atomic E-state index is 12.0. The zero-order valence-corrected chi connectivity index (χ0v) is 11.8. The van der Waals surface area contributed by atoms with Gasteiger partial charge >= 0.3 is 0 Å². The lowest BCUT2D eigenvalue weighted by Gasteiger charge is -2.15. The van der Waals surface area contributed by atoms with Crippen molar-refractivity contribution in [2.45, 2.75) is 19.9 Å². The molecule has 0 spiro atoms. The van der Waals surface area contributed by atoms with Crippen LogP contribution in [0.5, 0.6) is 0 Å². The molecule has 0 aliphatic carbocycles. The molecule has 1 heterocycles. The molecule has 1 aromatic heterocycles. The lowest BCUT2D eigenvalue weighted by molar-refractivity contribution is 0.0943. The summed E-state index contributed by atoms with van der Waals surface area (Å²) < 4.78 is 0. The molecule has 0 radical (unpaired) electrons. The summed E-state index contributed by atoms with van der Waals surface area (Å²) in [5, 5.41) is 3.47. The fourth-order valence-electron chi connectivity index (χ4n) is 1.28. The highest BCUT2D eigenvalue weighted by atomic mass is 32.1. The van der Waals surface area contributed by atoms with Crippen LogP contribution in [-0.4, -0.2) is 31.0 Å². The fraction of sp³-hybridized carbons (Fsp3) is 0.500. The second-order valence-corrected chi connectivity index (χ2v) is 5.44. The van der Waals surface area contributed by atoms with Crippen molar-refractivity contribution in [1.82, 2.24) is 10.3 Å². The zero-order chi connectivity index (χ0) is 13.9. The van der Waals surface area contributed by atoms with E-state index in [4.69, 9.17) is 12.2 Å². The third kappa shape index (κ3) is 3.14. The summed E-state index contributed by atoms with van der Waals surface area (Å²) in [4.78, 5) is 18.4. The molecule has 0 bridgehead atoms. The van der Waals surface area contributed by atoms with E-state index in [2.05, 4.69) is 16.2 Å². The molecule has 1 amide bonds. The number of nitrogens with two attached hydrogens (primary N) is 1. The van der Waals surface area contributed by atoms with Gasteiger partial charge in [0.05, 0.1) is 6.04 Å². The normalized spacial score (nSPS) is 12.0. The number of amides is 1. The molecule has 1 aromatic rings. The second kappa shape index (κ2) is 5.74. The SMILES string of the molecule is C#CC(NC(=O)c1sc(N(C)C)nc1N)C(C)C. The van der Waals surface area contributed by atoms with Crippen LogP contribution in [-0.2, 0) is 0 Å².